The quantitative estimate of drug-likeness (QED) is 0.740. The van der Waals surface area contributed by atoms with E-state index >= 15 is 0 Å². The monoisotopic (exact) mass is 240 g/mol. The molecule has 1 rings (SSSR count). The van der Waals surface area contributed by atoms with Gasteiger partial charge in [0.05, 0.1) is 0 Å². The number of hydrogen-bond acceptors (Lipinski definition) is 2. The summed E-state index contributed by atoms with van der Waals surface area (Å²) in [6.45, 7) is 11.5. The molecular weight excluding hydrogens is 208 g/mol. The molecular formula is C15H32N2. The highest BCUT2D eigenvalue weighted by Crippen LogP contribution is 2.29. The average Bonchev–Trinajstić information content (AvgIpc) is 2.39. The lowest BCUT2D eigenvalue weighted by Crippen LogP contribution is -2.45. The minimum Gasteiger partial charge on any atom is -0.330 e. The molecule has 1 saturated heterocycles. The summed E-state index contributed by atoms with van der Waals surface area (Å²) >= 11 is 0. The highest BCUT2D eigenvalue weighted by Gasteiger charge is 2.29. The van der Waals surface area contributed by atoms with Gasteiger partial charge in [0.15, 0.2) is 0 Å². The predicted molar refractivity (Wildman–Crippen MR) is 76.1 cm³/mol. The van der Waals surface area contributed by atoms with Crippen molar-refractivity contribution in [2.24, 2.45) is 17.1 Å². The van der Waals surface area contributed by atoms with E-state index in [-0.39, 0.29) is 0 Å². The number of nitrogens with two attached hydrogens (primary N) is 1. The maximum Gasteiger partial charge on any atom is 0.00499 e. The van der Waals surface area contributed by atoms with Crippen LogP contribution < -0.4 is 5.73 Å². The van der Waals surface area contributed by atoms with Crippen LogP contribution in [0.25, 0.3) is 0 Å². The van der Waals surface area contributed by atoms with Gasteiger partial charge in [-0.25, -0.2) is 0 Å². The van der Waals surface area contributed by atoms with Crippen LogP contribution in [-0.4, -0.2) is 31.1 Å². The van der Waals surface area contributed by atoms with Crippen LogP contribution in [0.3, 0.4) is 0 Å². The third kappa shape index (κ3) is 4.26. The van der Waals surface area contributed by atoms with Gasteiger partial charge in [-0.15, -0.1) is 0 Å². The Labute approximate surface area is 108 Å². The first-order chi connectivity index (χ1) is 8.19. The van der Waals surface area contributed by atoms with Crippen LogP contribution >= 0.6 is 0 Å². The largest absolute Gasteiger partial charge is 0.330 e. The SMILES string of the molecule is CCCC1CCN(CC(CC)(CC)CN)CC1. The van der Waals surface area contributed by atoms with E-state index in [4.69, 9.17) is 5.73 Å². The smallest absolute Gasteiger partial charge is 0.00499 e. The fraction of sp³-hybridized carbons (Fsp3) is 1.00. The van der Waals surface area contributed by atoms with Gasteiger partial charge < -0.3 is 10.6 Å². The molecule has 2 heteroatoms. The van der Waals surface area contributed by atoms with E-state index in [0.717, 1.165) is 12.5 Å². The van der Waals surface area contributed by atoms with Crippen molar-refractivity contribution in [3.63, 3.8) is 0 Å². The summed E-state index contributed by atoms with van der Waals surface area (Å²) in [5, 5.41) is 0. The molecule has 17 heavy (non-hydrogen) atoms. The lowest BCUT2D eigenvalue weighted by atomic mass is 9.81. The maximum absolute atomic E-state index is 5.99. The van der Waals surface area contributed by atoms with Gasteiger partial charge in [0.2, 0.25) is 0 Å². The first-order valence-corrected chi connectivity index (χ1v) is 7.62. The van der Waals surface area contributed by atoms with E-state index in [9.17, 15) is 0 Å². The molecule has 2 N–H and O–H groups in total. The Morgan fingerprint density at radius 2 is 1.71 bits per heavy atom. The van der Waals surface area contributed by atoms with Gasteiger partial charge in [0.25, 0.3) is 0 Å². The molecule has 0 aliphatic carbocycles. The number of likely N-dealkylation sites (tertiary alicyclic amines) is 1. The number of hydrogen-bond donors (Lipinski definition) is 1. The molecule has 0 bridgehead atoms. The Kier molecular flexibility index (Phi) is 6.50. The van der Waals surface area contributed by atoms with Crippen molar-refractivity contribution < 1.29 is 0 Å². The highest BCUT2D eigenvalue weighted by atomic mass is 15.1. The summed E-state index contributed by atoms with van der Waals surface area (Å²) in [6, 6.07) is 0. The predicted octanol–water partition coefficient (Wildman–Crippen LogP) is 3.26. The second-order valence-corrected chi connectivity index (χ2v) is 5.92. The van der Waals surface area contributed by atoms with Gasteiger partial charge in [-0.3, -0.25) is 0 Å². The van der Waals surface area contributed by atoms with Crippen molar-refractivity contribution in [3.8, 4) is 0 Å². The van der Waals surface area contributed by atoms with Crippen molar-refractivity contribution in [1.82, 2.24) is 4.90 Å². The molecule has 0 atom stereocenters. The Hall–Kier alpha value is -0.0800. The average molecular weight is 240 g/mol. The van der Waals surface area contributed by atoms with E-state index in [1.165, 1.54) is 58.2 Å². The zero-order valence-corrected chi connectivity index (χ0v) is 12.2. The first-order valence-electron chi connectivity index (χ1n) is 7.62. The molecule has 0 aromatic carbocycles. The van der Waals surface area contributed by atoms with Crippen LogP contribution in [0, 0.1) is 11.3 Å². The van der Waals surface area contributed by atoms with Gasteiger partial charge in [-0.05, 0) is 56.7 Å². The number of nitrogens with zero attached hydrogens (tertiary/aromatic N) is 1. The summed E-state index contributed by atoms with van der Waals surface area (Å²) < 4.78 is 0. The normalized spacial score (nSPS) is 19.8. The molecule has 0 saturated carbocycles. The van der Waals surface area contributed by atoms with Crippen LogP contribution in [0.15, 0.2) is 0 Å². The van der Waals surface area contributed by atoms with Gasteiger partial charge in [-0.1, -0.05) is 33.6 Å². The lowest BCUT2D eigenvalue weighted by molar-refractivity contribution is 0.104. The molecule has 102 valence electrons. The molecule has 0 amide bonds. The second-order valence-electron chi connectivity index (χ2n) is 5.92. The molecule has 2 nitrogen and oxygen atoms in total. The Bertz CT molecular complexity index is 183. The van der Waals surface area contributed by atoms with Crippen molar-refractivity contribution in [3.05, 3.63) is 0 Å². The number of piperidine rings is 1. The third-order valence-corrected chi connectivity index (χ3v) is 4.90. The van der Waals surface area contributed by atoms with Crippen LogP contribution in [-0.2, 0) is 0 Å². The fourth-order valence-electron chi connectivity index (χ4n) is 3.14. The van der Waals surface area contributed by atoms with Gasteiger partial charge in [-0.2, -0.15) is 0 Å². The molecule has 1 aliphatic rings. The van der Waals surface area contributed by atoms with E-state index < -0.39 is 0 Å². The first kappa shape index (κ1) is 15.0. The molecule has 0 unspecified atom stereocenters. The summed E-state index contributed by atoms with van der Waals surface area (Å²) in [6.07, 6.45) is 8.02. The van der Waals surface area contributed by atoms with Crippen molar-refractivity contribution >= 4 is 0 Å². The standard InChI is InChI=1S/C15H32N2/c1-4-7-14-8-10-17(11-9-14)13-15(5-2,6-3)12-16/h14H,4-13,16H2,1-3H3. The molecule has 1 aliphatic heterocycles. The van der Waals surface area contributed by atoms with Crippen molar-refractivity contribution in [2.75, 3.05) is 26.2 Å². The van der Waals surface area contributed by atoms with Crippen molar-refractivity contribution in [1.29, 1.82) is 0 Å². The van der Waals surface area contributed by atoms with E-state index in [0.29, 0.717) is 5.41 Å². The zero-order valence-electron chi connectivity index (χ0n) is 12.2. The summed E-state index contributed by atoms with van der Waals surface area (Å²) in [5.74, 6) is 0.992. The van der Waals surface area contributed by atoms with E-state index in [1.807, 2.05) is 0 Å². The minimum absolute atomic E-state index is 0.373. The van der Waals surface area contributed by atoms with Crippen LogP contribution in [0.2, 0.25) is 0 Å². The minimum atomic E-state index is 0.373. The van der Waals surface area contributed by atoms with Crippen molar-refractivity contribution in [2.45, 2.75) is 59.3 Å². The van der Waals surface area contributed by atoms with Crippen LogP contribution in [0.4, 0.5) is 0 Å². The van der Waals surface area contributed by atoms with Gasteiger partial charge in [0, 0.05) is 6.54 Å². The summed E-state index contributed by atoms with van der Waals surface area (Å²) in [5.41, 5.74) is 6.37. The van der Waals surface area contributed by atoms with E-state index in [2.05, 4.69) is 25.7 Å². The third-order valence-electron chi connectivity index (χ3n) is 4.90. The number of rotatable bonds is 7. The second kappa shape index (κ2) is 7.38. The summed E-state index contributed by atoms with van der Waals surface area (Å²) in [7, 11) is 0. The van der Waals surface area contributed by atoms with Crippen LogP contribution in [0.1, 0.15) is 59.3 Å². The highest BCUT2D eigenvalue weighted by molar-refractivity contribution is 4.83. The lowest BCUT2D eigenvalue weighted by Gasteiger charge is -2.39. The van der Waals surface area contributed by atoms with Crippen LogP contribution in [0.5, 0.6) is 0 Å². The molecule has 0 spiro atoms. The molecule has 0 radical (unpaired) electrons. The molecule has 0 aromatic heterocycles. The zero-order chi connectivity index (χ0) is 12.7. The van der Waals surface area contributed by atoms with Gasteiger partial charge in [0.1, 0.15) is 0 Å². The summed E-state index contributed by atoms with van der Waals surface area (Å²) in [4.78, 5) is 2.66. The topological polar surface area (TPSA) is 29.3 Å². The Morgan fingerprint density at radius 3 is 2.12 bits per heavy atom. The Balaban J connectivity index is 2.38. The molecule has 1 fully saturated rings. The maximum atomic E-state index is 5.99. The molecule has 0 aromatic rings. The van der Waals surface area contributed by atoms with Gasteiger partial charge >= 0.3 is 0 Å². The molecule has 1 heterocycles. The Morgan fingerprint density at radius 1 is 1.12 bits per heavy atom. The fourth-order valence-corrected chi connectivity index (χ4v) is 3.14. The van der Waals surface area contributed by atoms with E-state index in [1.54, 1.807) is 0 Å².